The molecule has 0 aliphatic heterocycles. The molecule has 0 aromatic heterocycles. The van der Waals surface area contributed by atoms with Crippen molar-refractivity contribution in [2.24, 2.45) is 5.41 Å². The van der Waals surface area contributed by atoms with Gasteiger partial charge in [-0.15, -0.1) is 6.58 Å². The molecule has 0 spiro atoms. The molecular formula is C28H26. The van der Waals surface area contributed by atoms with Gasteiger partial charge in [-0.05, 0) is 51.6 Å². The summed E-state index contributed by atoms with van der Waals surface area (Å²) in [6.07, 6.45) is 8.99. The zero-order chi connectivity index (χ0) is 19.1. The number of hydrogen-bond acceptors (Lipinski definition) is 0. The van der Waals surface area contributed by atoms with Gasteiger partial charge >= 0.3 is 0 Å². The molecule has 2 atom stereocenters. The van der Waals surface area contributed by atoms with Crippen LogP contribution in [-0.2, 0) is 0 Å². The first kappa shape index (κ1) is 17.3. The Labute approximate surface area is 168 Å². The third kappa shape index (κ3) is 2.44. The molecule has 0 saturated heterocycles. The van der Waals surface area contributed by atoms with Crippen molar-refractivity contribution in [3.05, 3.63) is 114 Å². The monoisotopic (exact) mass is 362 g/mol. The third-order valence-electron chi connectivity index (χ3n) is 6.89. The highest BCUT2D eigenvalue weighted by molar-refractivity contribution is 5.79. The number of allylic oxidation sites excluding steroid dienone is 2. The summed E-state index contributed by atoms with van der Waals surface area (Å²) in [5.41, 5.74) is 8.69. The molecule has 28 heavy (non-hydrogen) atoms. The minimum atomic E-state index is 0.0833. The molecule has 0 nitrogen and oxygen atoms in total. The third-order valence-corrected chi connectivity index (χ3v) is 6.89. The number of fused-ring (bicyclic) bond motifs is 4. The Morgan fingerprint density at radius 2 is 1.39 bits per heavy atom. The fourth-order valence-corrected chi connectivity index (χ4v) is 5.58. The molecule has 0 heterocycles. The van der Waals surface area contributed by atoms with E-state index in [2.05, 4.69) is 105 Å². The van der Waals surface area contributed by atoms with Crippen molar-refractivity contribution < 1.29 is 0 Å². The lowest BCUT2D eigenvalue weighted by Gasteiger charge is -2.42. The van der Waals surface area contributed by atoms with E-state index in [1.54, 1.807) is 0 Å². The van der Waals surface area contributed by atoms with Gasteiger partial charge in [-0.2, -0.15) is 0 Å². The summed E-state index contributed by atoms with van der Waals surface area (Å²) in [7, 11) is 0. The maximum atomic E-state index is 4.03. The molecule has 3 aromatic carbocycles. The fraction of sp³-hybridized carbons (Fsp3) is 0.214. The fourth-order valence-electron chi connectivity index (χ4n) is 5.58. The van der Waals surface area contributed by atoms with Gasteiger partial charge in [0.1, 0.15) is 0 Å². The minimum absolute atomic E-state index is 0.0833. The smallest absolute Gasteiger partial charge is 0.0164 e. The summed E-state index contributed by atoms with van der Waals surface area (Å²) < 4.78 is 0. The van der Waals surface area contributed by atoms with Gasteiger partial charge < -0.3 is 0 Å². The average molecular weight is 363 g/mol. The minimum Gasteiger partial charge on any atom is -0.103 e. The van der Waals surface area contributed by atoms with E-state index >= 15 is 0 Å². The van der Waals surface area contributed by atoms with Crippen molar-refractivity contribution in [3.8, 4) is 11.1 Å². The zero-order valence-electron chi connectivity index (χ0n) is 16.4. The first-order chi connectivity index (χ1) is 13.7. The van der Waals surface area contributed by atoms with Crippen LogP contribution in [0.2, 0.25) is 0 Å². The normalized spacial score (nSPS) is 19.0. The summed E-state index contributed by atoms with van der Waals surface area (Å²) in [4.78, 5) is 0. The van der Waals surface area contributed by atoms with Crippen molar-refractivity contribution >= 4 is 6.08 Å². The molecule has 2 unspecified atom stereocenters. The van der Waals surface area contributed by atoms with E-state index in [0.29, 0.717) is 11.8 Å². The van der Waals surface area contributed by atoms with Gasteiger partial charge in [-0.3, -0.25) is 0 Å². The van der Waals surface area contributed by atoms with Crippen LogP contribution in [0.3, 0.4) is 0 Å². The van der Waals surface area contributed by atoms with Gasteiger partial charge in [0.15, 0.2) is 0 Å². The second-order valence-electron chi connectivity index (χ2n) is 8.41. The van der Waals surface area contributed by atoms with Crippen LogP contribution in [0.25, 0.3) is 17.2 Å². The van der Waals surface area contributed by atoms with Crippen molar-refractivity contribution in [2.75, 3.05) is 0 Å². The first-order valence-electron chi connectivity index (χ1n) is 10.3. The van der Waals surface area contributed by atoms with Crippen LogP contribution >= 0.6 is 0 Å². The topological polar surface area (TPSA) is 0 Å². The standard InChI is InChI=1S/C28H26/c1-3-4-19-28(2,26-18-17-20-11-5-6-12-21(20)26)27-24-15-9-7-13-22(24)23-14-8-10-16-25(23)27/h3,5-18,26-27H,1,4,19H2,2H3. The lowest BCUT2D eigenvalue weighted by atomic mass is 9.61. The Hall–Kier alpha value is -2.86. The molecule has 0 bridgehead atoms. The Kier molecular flexibility index (Phi) is 4.09. The van der Waals surface area contributed by atoms with E-state index in [1.807, 2.05) is 0 Å². The quantitative estimate of drug-likeness (QED) is 0.410. The Balaban J connectivity index is 1.72. The number of benzene rings is 3. The van der Waals surface area contributed by atoms with Gasteiger partial charge in [0.05, 0.1) is 0 Å². The molecule has 2 aliphatic rings. The van der Waals surface area contributed by atoms with Gasteiger partial charge in [-0.25, -0.2) is 0 Å². The van der Waals surface area contributed by atoms with Crippen LogP contribution < -0.4 is 0 Å². The first-order valence-corrected chi connectivity index (χ1v) is 10.3. The van der Waals surface area contributed by atoms with Crippen molar-refractivity contribution in [2.45, 2.75) is 31.6 Å². The highest BCUT2D eigenvalue weighted by atomic mass is 14.5. The van der Waals surface area contributed by atoms with Gasteiger partial charge in [-0.1, -0.05) is 97.9 Å². The summed E-state index contributed by atoms with van der Waals surface area (Å²) in [6.45, 7) is 6.53. The molecule has 138 valence electrons. The van der Waals surface area contributed by atoms with E-state index in [4.69, 9.17) is 0 Å². The highest BCUT2D eigenvalue weighted by Crippen LogP contribution is 2.60. The molecular weight excluding hydrogens is 336 g/mol. The largest absolute Gasteiger partial charge is 0.103 e. The lowest BCUT2D eigenvalue weighted by Crippen LogP contribution is -2.31. The predicted octanol–water partition coefficient (Wildman–Crippen LogP) is 7.58. The number of rotatable bonds is 5. The zero-order valence-corrected chi connectivity index (χ0v) is 16.4. The van der Waals surface area contributed by atoms with E-state index < -0.39 is 0 Å². The molecule has 0 N–H and O–H groups in total. The van der Waals surface area contributed by atoms with Crippen LogP contribution in [0.4, 0.5) is 0 Å². The lowest BCUT2D eigenvalue weighted by molar-refractivity contribution is 0.232. The maximum Gasteiger partial charge on any atom is 0.0164 e. The predicted molar refractivity (Wildman–Crippen MR) is 119 cm³/mol. The van der Waals surface area contributed by atoms with Gasteiger partial charge in [0.2, 0.25) is 0 Å². The van der Waals surface area contributed by atoms with Crippen LogP contribution in [0.15, 0.2) is 91.5 Å². The van der Waals surface area contributed by atoms with Crippen molar-refractivity contribution in [3.63, 3.8) is 0 Å². The molecule has 0 amide bonds. The highest BCUT2D eigenvalue weighted by Gasteiger charge is 2.47. The van der Waals surface area contributed by atoms with Gasteiger partial charge in [0.25, 0.3) is 0 Å². The van der Waals surface area contributed by atoms with E-state index in [1.165, 1.54) is 33.4 Å². The molecule has 2 aliphatic carbocycles. The summed E-state index contributed by atoms with van der Waals surface area (Å²) in [5.74, 6) is 0.800. The molecule has 0 radical (unpaired) electrons. The van der Waals surface area contributed by atoms with Crippen LogP contribution in [-0.4, -0.2) is 0 Å². The Bertz CT molecular complexity index is 1030. The van der Waals surface area contributed by atoms with E-state index in [-0.39, 0.29) is 5.41 Å². The molecule has 0 heteroatoms. The van der Waals surface area contributed by atoms with Crippen molar-refractivity contribution in [1.29, 1.82) is 0 Å². The van der Waals surface area contributed by atoms with Crippen LogP contribution in [0.5, 0.6) is 0 Å². The average Bonchev–Trinajstić information content (AvgIpc) is 3.32. The SMILES string of the molecule is C=CCCC(C)(C1C=Cc2ccccc21)C1c2ccccc2-c2ccccc21. The molecule has 0 saturated carbocycles. The summed E-state index contributed by atoms with van der Waals surface area (Å²) in [6, 6.07) is 26.9. The summed E-state index contributed by atoms with van der Waals surface area (Å²) >= 11 is 0. The molecule has 0 fully saturated rings. The van der Waals surface area contributed by atoms with Crippen LogP contribution in [0, 0.1) is 5.41 Å². The summed E-state index contributed by atoms with van der Waals surface area (Å²) in [5, 5.41) is 0. The Morgan fingerprint density at radius 1 is 0.821 bits per heavy atom. The second kappa shape index (κ2) is 6.63. The number of hydrogen-bond donors (Lipinski definition) is 0. The van der Waals surface area contributed by atoms with E-state index in [0.717, 1.165) is 12.8 Å². The van der Waals surface area contributed by atoms with E-state index in [9.17, 15) is 0 Å². The second-order valence-corrected chi connectivity index (χ2v) is 8.41. The van der Waals surface area contributed by atoms with Crippen LogP contribution in [0.1, 0.15) is 53.9 Å². The van der Waals surface area contributed by atoms with Gasteiger partial charge in [0, 0.05) is 11.8 Å². The molecule has 5 rings (SSSR count). The maximum absolute atomic E-state index is 4.03. The molecule has 3 aromatic rings. The Morgan fingerprint density at radius 3 is 2.04 bits per heavy atom. The van der Waals surface area contributed by atoms with Crippen molar-refractivity contribution in [1.82, 2.24) is 0 Å².